The first-order valence-corrected chi connectivity index (χ1v) is 9.93. The third kappa shape index (κ3) is 5.31. The van der Waals surface area contributed by atoms with Gasteiger partial charge in [0.1, 0.15) is 18.0 Å². The average Bonchev–Trinajstić information content (AvgIpc) is 3.26. The number of guanidine groups is 1. The summed E-state index contributed by atoms with van der Waals surface area (Å²) >= 11 is 0. The first kappa shape index (κ1) is 22.8. The maximum absolute atomic E-state index is 13.0. The number of amides is 1. The highest BCUT2D eigenvalue weighted by atomic mass is 19.4. The maximum Gasteiger partial charge on any atom is 0.416 e. The van der Waals surface area contributed by atoms with Crippen LogP contribution in [0.5, 0.6) is 17.2 Å². The topological polar surface area (TPSA) is 121 Å². The van der Waals surface area contributed by atoms with Crippen LogP contribution in [0.2, 0.25) is 0 Å². The van der Waals surface area contributed by atoms with Crippen molar-refractivity contribution in [2.75, 3.05) is 12.1 Å². The number of alkyl halides is 3. The molecule has 0 bridgehead atoms. The molecule has 1 aliphatic rings. The zero-order valence-corrected chi connectivity index (χ0v) is 17.6. The normalized spacial score (nSPS) is 12.2. The zero-order chi connectivity index (χ0) is 24.3. The first-order chi connectivity index (χ1) is 16.2. The number of aliphatic imine (C=N–C) groups is 1. The van der Waals surface area contributed by atoms with Crippen LogP contribution in [0.1, 0.15) is 21.5 Å². The van der Waals surface area contributed by atoms with Crippen molar-refractivity contribution in [3.05, 3.63) is 77.4 Å². The molecule has 0 atom stereocenters. The SMILES string of the molecule is NC(N)=Nc1ccc(NC(=O)c2ccc3c(c2)OCO3)cc1OCc1cccc(C(F)(F)F)c1. The van der Waals surface area contributed by atoms with E-state index in [1.807, 2.05) is 0 Å². The number of hydrogen-bond donors (Lipinski definition) is 3. The Labute approximate surface area is 191 Å². The van der Waals surface area contributed by atoms with E-state index in [0.29, 0.717) is 28.3 Å². The number of benzene rings is 3. The van der Waals surface area contributed by atoms with Crippen LogP contribution in [0.3, 0.4) is 0 Å². The molecule has 0 unspecified atom stereocenters. The molecule has 0 saturated heterocycles. The van der Waals surface area contributed by atoms with Crippen LogP contribution < -0.4 is 31.0 Å². The fourth-order valence-electron chi connectivity index (χ4n) is 3.18. The summed E-state index contributed by atoms with van der Waals surface area (Å²) in [5.41, 5.74) is 11.4. The van der Waals surface area contributed by atoms with Gasteiger partial charge >= 0.3 is 6.18 Å². The van der Waals surface area contributed by atoms with Crippen LogP contribution in [0.4, 0.5) is 24.5 Å². The summed E-state index contributed by atoms with van der Waals surface area (Å²) in [5.74, 6) is 0.511. The minimum atomic E-state index is -4.47. The van der Waals surface area contributed by atoms with Gasteiger partial charge in [0, 0.05) is 17.3 Å². The second-order valence-corrected chi connectivity index (χ2v) is 7.23. The van der Waals surface area contributed by atoms with E-state index in [4.69, 9.17) is 25.7 Å². The molecule has 0 aromatic heterocycles. The third-order valence-electron chi connectivity index (χ3n) is 4.75. The van der Waals surface area contributed by atoms with Gasteiger partial charge in [-0.15, -0.1) is 0 Å². The van der Waals surface area contributed by atoms with Crippen molar-refractivity contribution >= 4 is 23.2 Å². The Morgan fingerprint density at radius 2 is 1.82 bits per heavy atom. The van der Waals surface area contributed by atoms with Gasteiger partial charge in [-0.2, -0.15) is 13.2 Å². The Bertz CT molecular complexity index is 1260. The molecule has 34 heavy (non-hydrogen) atoms. The van der Waals surface area contributed by atoms with Gasteiger partial charge in [-0.1, -0.05) is 12.1 Å². The van der Waals surface area contributed by atoms with Crippen LogP contribution in [0, 0.1) is 0 Å². The molecule has 0 spiro atoms. The molecule has 0 saturated carbocycles. The molecular weight excluding hydrogens is 453 g/mol. The minimum Gasteiger partial charge on any atom is -0.487 e. The van der Waals surface area contributed by atoms with Gasteiger partial charge in [0.25, 0.3) is 5.91 Å². The van der Waals surface area contributed by atoms with Crippen LogP contribution in [0.25, 0.3) is 0 Å². The molecule has 4 rings (SSSR count). The number of nitrogens with one attached hydrogen (secondary N) is 1. The highest BCUT2D eigenvalue weighted by molar-refractivity contribution is 6.05. The molecule has 3 aromatic rings. The summed E-state index contributed by atoms with van der Waals surface area (Å²) in [6, 6.07) is 14.1. The summed E-state index contributed by atoms with van der Waals surface area (Å²) in [4.78, 5) is 16.6. The fraction of sp³-hybridized carbons (Fsp3) is 0.130. The monoisotopic (exact) mass is 472 g/mol. The molecule has 1 aliphatic heterocycles. The van der Waals surface area contributed by atoms with Crippen molar-refractivity contribution in [1.29, 1.82) is 0 Å². The Hall–Kier alpha value is -4.41. The number of halogens is 3. The van der Waals surface area contributed by atoms with E-state index < -0.39 is 17.6 Å². The summed E-state index contributed by atoms with van der Waals surface area (Å²) in [6.07, 6.45) is -4.47. The van der Waals surface area contributed by atoms with Crippen molar-refractivity contribution < 1.29 is 32.2 Å². The maximum atomic E-state index is 13.0. The van der Waals surface area contributed by atoms with Crippen molar-refractivity contribution in [1.82, 2.24) is 0 Å². The van der Waals surface area contributed by atoms with Gasteiger partial charge in [0.2, 0.25) is 6.79 Å². The average molecular weight is 472 g/mol. The van der Waals surface area contributed by atoms with Crippen LogP contribution in [0.15, 0.2) is 65.7 Å². The highest BCUT2D eigenvalue weighted by Crippen LogP contribution is 2.35. The predicted octanol–water partition coefficient (Wildman–Crippen LogP) is 4.17. The van der Waals surface area contributed by atoms with Crippen molar-refractivity contribution in [3.8, 4) is 17.2 Å². The molecule has 0 aliphatic carbocycles. The molecule has 0 radical (unpaired) electrons. The van der Waals surface area contributed by atoms with E-state index in [-0.39, 0.29) is 30.8 Å². The lowest BCUT2D eigenvalue weighted by atomic mass is 10.1. The van der Waals surface area contributed by atoms with Crippen molar-refractivity contribution in [2.24, 2.45) is 16.5 Å². The van der Waals surface area contributed by atoms with Gasteiger partial charge in [-0.25, -0.2) is 4.99 Å². The Morgan fingerprint density at radius 3 is 2.59 bits per heavy atom. The number of carbonyl (C=O) groups is 1. The summed E-state index contributed by atoms with van der Waals surface area (Å²) in [6.45, 7) is -0.101. The number of ether oxygens (including phenoxy) is 3. The number of rotatable bonds is 6. The lowest BCUT2D eigenvalue weighted by Gasteiger charge is -2.13. The quantitative estimate of drug-likeness (QED) is 0.366. The van der Waals surface area contributed by atoms with E-state index in [2.05, 4.69) is 10.3 Å². The molecule has 3 aromatic carbocycles. The van der Waals surface area contributed by atoms with E-state index in [1.165, 1.54) is 24.3 Å². The molecular formula is C23H19F3N4O4. The van der Waals surface area contributed by atoms with Gasteiger partial charge in [0.15, 0.2) is 17.5 Å². The smallest absolute Gasteiger partial charge is 0.416 e. The summed E-state index contributed by atoms with van der Waals surface area (Å²) < 4.78 is 55.2. The number of hydrogen-bond acceptors (Lipinski definition) is 5. The number of carbonyl (C=O) groups excluding carboxylic acids is 1. The van der Waals surface area contributed by atoms with Crippen molar-refractivity contribution in [3.63, 3.8) is 0 Å². The molecule has 176 valence electrons. The molecule has 8 nitrogen and oxygen atoms in total. The van der Waals surface area contributed by atoms with Gasteiger partial charge < -0.3 is 31.0 Å². The van der Waals surface area contributed by atoms with Crippen LogP contribution in [-0.4, -0.2) is 18.7 Å². The zero-order valence-electron chi connectivity index (χ0n) is 17.6. The second kappa shape index (κ2) is 9.22. The number of nitrogens with zero attached hydrogens (tertiary/aromatic N) is 1. The number of anilines is 1. The van der Waals surface area contributed by atoms with Gasteiger partial charge in [-0.3, -0.25) is 4.79 Å². The lowest BCUT2D eigenvalue weighted by molar-refractivity contribution is -0.137. The lowest BCUT2D eigenvalue weighted by Crippen LogP contribution is -2.22. The molecule has 1 amide bonds. The number of nitrogens with two attached hydrogens (primary N) is 2. The Morgan fingerprint density at radius 1 is 1.03 bits per heavy atom. The minimum absolute atomic E-state index is 0.0826. The first-order valence-electron chi connectivity index (χ1n) is 9.93. The standard InChI is InChI=1S/C23H19F3N4O4/c24-23(25,26)15-3-1-2-13(8-15)11-32-19-10-16(5-6-17(19)30-22(27)28)29-21(31)14-4-7-18-20(9-14)34-12-33-18/h1-10H,11-12H2,(H,29,31)(H4,27,28,30). The van der Waals surface area contributed by atoms with E-state index >= 15 is 0 Å². The second-order valence-electron chi connectivity index (χ2n) is 7.23. The molecule has 11 heteroatoms. The van der Waals surface area contributed by atoms with Crippen molar-refractivity contribution in [2.45, 2.75) is 12.8 Å². The third-order valence-corrected chi connectivity index (χ3v) is 4.75. The molecule has 0 fully saturated rings. The van der Waals surface area contributed by atoms with E-state index in [1.54, 1.807) is 24.3 Å². The number of fused-ring (bicyclic) bond motifs is 1. The van der Waals surface area contributed by atoms with Gasteiger partial charge in [-0.05, 0) is 48.0 Å². The van der Waals surface area contributed by atoms with Crippen LogP contribution in [-0.2, 0) is 12.8 Å². The fourth-order valence-corrected chi connectivity index (χ4v) is 3.18. The van der Waals surface area contributed by atoms with Crippen LogP contribution >= 0.6 is 0 Å². The molecule has 5 N–H and O–H groups in total. The Balaban J connectivity index is 1.54. The largest absolute Gasteiger partial charge is 0.487 e. The highest BCUT2D eigenvalue weighted by Gasteiger charge is 2.30. The Kier molecular flexibility index (Phi) is 6.17. The molecule has 1 heterocycles. The predicted molar refractivity (Wildman–Crippen MR) is 118 cm³/mol. The van der Waals surface area contributed by atoms with E-state index in [0.717, 1.165) is 12.1 Å². The summed E-state index contributed by atoms with van der Waals surface area (Å²) in [5, 5.41) is 2.72. The summed E-state index contributed by atoms with van der Waals surface area (Å²) in [7, 11) is 0. The van der Waals surface area contributed by atoms with E-state index in [9.17, 15) is 18.0 Å². The van der Waals surface area contributed by atoms with Gasteiger partial charge in [0.05, 0.1) is 5.56 Å².